The van der Waals surface area contributed by atoms with Crippen molar-refractivity contribution in [3.8, 4) is 0 Å². The van der Waals surface area contributed by atoms with E-state index in [0.29, 0.717) is 11.0 Å². The number of nitrogens with zero attached hydrogens (tertiary/aromatic N) is 3. The van der Waals surface area contributed by atoms with Crippen molar-refractivity contribution in [3.63, 3.8) is 0 Å². The fourth-order valence-corrected chi connectivity index (χ4v) is 2.53. The molecule has 0 radical (unpaired) electrons. The molecule has 108 valence electrons. The molecule has 4 atom stereocenters. The van der Waals surface area contributed by atoms with Gasteiger partial charge in [-0.3, -0.25) is 0 Å². The van der Waals surface area contributed by atoms with Gasteiger partial charge in [0, 0.05) is 6.20 Å². The number of anilines is 1. The van der Waals surface area contributed by atoms with Gasteiger partial charge >= 0.3 is 0 Å². The molecule has 4 N–H and O–H groups in total. The van der Waals surface area contributed by atoms with Gasteiger partial charge in [-0.25, -0.2) is 9.37 Å². The summed E-state index contributed by atoms with van der Waals surface area (Å²) in [6, 6.07) is 1.60. The highest BCUT2D eigenvalue weighted by Crippen LogP contribution is 2.35. The zero-order valence-corrected chi connectivity index (χ0v) is 10.9. The first-order chi connectivity index (χ1) is 9.52. The summed E-state index contributed by atoms with van der Waals surface area (Å²) in [4.78, 5) is 7.81. The number of halogens is 2. The molecule has 0 spiro atoms. The SMILES string of the molecule is Nc1nc(Cl)c2ccn(C3O[C@H](CO)[C@@H](O)[C@H]3F)c2n1. The van der Waals surface area contributed by atoms with Crippen molar-refractivity contribution in [2.45, 2.75) is 24.6 Å². The number of aliphatic hydroxyl groups excluding tert-OH is 2. The van der Waals surface area contributed by atoms with Crippen LogP contribution in [0, 0.1) is 0 Å². The smallest absolute Gasteiger partial charge is 0.223 e. The third kappa shape index (κ3) is 1.92. The number of hydrogen-bond donors (Lipinski definition) is 3. The van der Waals surface area contributed by atoms with Crippen molar-refractivity contribution in [2.75, 3.05) is 12.3 Å². The van der Waals surface area contributed by atoms with Crippen LogP contribution in [-0.4, -0.2) is 49.7 Å². The largest absolute Gasteiger partial charge is 0.394 e. The van der Waals surface area contributed by atoms with Crippen molar-refractivity contribution in [2.24, 2.45) is 0 Å². The Bertz CT molecular complexity index is 652. The first kappa shape index (κ1) is 13.5. The Morgan fingerprint density at radius 3 is 2.90 bits per heavy atom. The zero-order chi connectivity index (χ0) is 14.4. The lowest BCUT2D eigenvalue weighted by Gasteiger charge is -2.16. The van der Waals surface area contributed by atoms with E-state index in [9.17, 15) is 9.50 Å². The average molecular weight is 303 g/mol. The summed E-state index contributed by atoms with van der Waals surface area (Å²) < 4.78 is 20.8. The molecule has 0 bridgehead atoms. The summed E-state index contributed by atoms with van der Waals surface area (Å²) in [7, 11) is 0. The molecule has 0 aliphatic carbocycles. The second-order valence-electron chi connectivity index (χ2n) is 4.52. The number of ether oxygens (including phenoxy) is 1. The summed E-state index contributed by atoms with van der Waals surface area (Å²) in [6.45, 7) is -0.477. The molecular formula is C11H12ClFN4O3. The fraction of sp³-hybridized carbons (Fsp3) is 0.455. The quantitative estimate of drug-likeness (QED) is 0.687. The first-order valence-corrected chi connectivity index (χ1v) is 6.28. The molecule has 7 nitrogen and oxygen atoms in total. The summed E-state index contributed by atoms with van der Waals surface area (Å²) in [5, 5.41) is 19.3. The van der Waals surface area contributed by atoms with Crippen LogP contribution in [0.3, 0.4) is 0 Å². The summed E-state index contributed by atoms with van der Waals surface area (Å²) in [6.07, 6.45) is -3.67. The molecule has 2 aromatic rings. The maximum atomic E-state index is 14.1. The second kappa shape index (κ2) is 4.81. The molecular weight excluding hydrogens is 291 g/mol. The van der Waals surface area contributed by atoms with E-state index in [1.165, 1.54) is 10.8 Å². The molecule has 0 amide bonds. The molecule has 0 saturated carbocycles. The minimum Gasteiger partial charge on any atom is -0.394 e. The molecule has 2 aromatic heterocycles. The number of rotatable bonds is 2. The predicted molar refractivity (Wildman–Crippen MR) is 68.8 cm³/mol. The normalized spacial score (nSPS) is 30.2. The van der Waals surface area contributed by atoms with Crippen molar-refractivity contribution >= 4 is 28.6 Å². The predicted octanol–water partition coefficient (Wildman–Crippen LogP) is 0.256. The fourth-order valence-electron chi connectivity index (χ4n) is 2.30. The van der Waals surface area contributed by atoms with Crippen molar-refractivity contribution in [3.05, 3.63) is 17.4 Å². The Kier molecular flexibility index (Phi) is 3.25. The highest BCUT2D eigenvalue weighted by atomic mass is 35.5. The van der Waals surface area contributed by atoms with E-state index in [0.717, 1.165) is 0 Å². The topological polar surface area (TPSA) is 106 Å². The number of aromatic nitrogens is 3. The van der Waals surface area contributed by atoms with Gasteiger partial charge in [-0.05, 0) is 6.07 Å². The number of fused-ring (bicyclic) bond motifs is 1. The van der Waals surface area contributed by atoms with Gasteiger partial charge in [0.2, 0.25) is 5.95 Å². The molecule has 0 aromatic carbocycles. The first-order valence-electron chi connectivity index (χ1n) is 5.91. The lowest BCUT2D eigenvalue weighted by molar-refractivity contribution is -0.0457. The Balaban J connectivity index is 2.07. The number of alkyl halides is 1. The van der Waals surface area contributed by atoms with Gasteiger partial charge in [-0.15, -0.1) is 0 Å². The maximum absolute atomic E-state index is 14.1. The lowest BCUT2D eigenvalue weighted by Crippen LogP contribution is -2.30. The molecule has 3 rings (SSSR count). The average Bonchev–Trinajstić information content (AvgIpc) is 2.93. The van der Waals surface area contributed by atoms with Crippen LogP contribution in [0.15, 0.2) is 12.3 Å². The van der Waals surface area contributed by atoms with Crippen LogP contribution in [0.5, 0.6) is 0 Å². The molecule has 20 heavy (non-hydrogen) atoms. The monoisotopic (exact) mass is 302 g/mol. The second-order valence-corrected chi connectivity index (χ2v) is 4.87. The van der Waals surface area contributed by atoms with Gasteiger partial charge in [-0.1, -0.05) is 11.6 Å². The van der Waals surface area contributed by atoms with Gasteiger partial charge in [0.05, 0.1) is 12.0 Å². The van der Waals surface area contributed by atoms with E-state index in [1.807, 2.05) is 0 Å². The van der Waals surface area contributed by atoms with Crippen LogP contribution in [0.4, 0.5) is 10.3 Å². The molecule has 9 heteroatoms. The summed E-state index contributed by atoms with van der Waals surface area (Å²) in [5.74, 6) is -0.0462. The van der Waals surface area contributed by atoms with E-state index < -0.39 is 31.2 Å². The van der Waals surface area contributed by atoms with Crippen LogP contribution >= 0.6 is 11.6 Å². The van der Waals surface area contributed by atoms with Gasteiger partial charge in [-0.2, -0.15) is 4.98 Å². The van der Waals surface area contributed by atoms with Gasteiger partial charge in [0.25, 0.3) is 0 Å². The van der Waals surface area contributed by atoms with Crippen molar-refractivity contribution in [1.29, 1.82) is 0 Å². The maximum Gasteiger partial charge on any atom is 0.223 e. The standard InChI is InChI=1S/C11H12ClFN4O3/c12-8-4-1-2-17(9(4)16-11(14)15-8)10-6(13)7(19)5(3-18)20-10/h1-2,5-7,10,18-19H,3H2,(H2,14,15,16)/t5-,6-,7-,10?/m1/s1. The molecule has 3 heterocycles. The van der Waals surface area contributed by atoms with Crippen LogP contribution in [0.2, 0.25) is 5.15 Å². The van der Waals surface area contributed by atoms with Crippen molar-refractivity contribution < 1.29 is 19.3 Å². The van der Waals surface area contributed by atoms with Gasteiger partial charge in [0.1, 0.15) is 23.0 Å². The summed E-state index contributed by atoms with van der Waals surface area (Å²) in [5.41, 5.74) is 5.83. The zero-order valence-electron chi connectivity index (χ0n) is 10.1. The Hall–Kier alpha value is -1.48. The minimum atomic E-state index is -1.70. The van der Waals surface area contributed by atoms with E-state index in [1.54, 1.807) is 6.07 Å². The van der Waals surface area contributed by atoms with E-state index in [2.05, 4.69) is 9.97 Å². The highest BCUT2D eigenvalue weighted by molar-refractivity contribution is 6.34. The van der Waals surface area contributed by atoms with Crippen molar-refractivity contribution in [1.82, 2.24) is 14.5 Å². The van der Waals surface area contributed by atoms with E-state index in [-0.39, 0.29) is 11.1 Å². The number of hydrogen-bond acceptors (Lipinski definition) is 6. The molecule has 1 unspecified atom stereocenters. The minimum absolute atomic E-state index is 0.0462. The van der Waals surface area contributed by atoms with Crippen LogP contribution < -0.4 is 5.73 Å². The number of aliphatic hydroxyl groups is 2. The highest BCUT2D eigenvalue weighted by Gasteiger charge is 2.45. The third-order valence-corrected chi connectivity index (χ3v) is 3.58. The molecule has 1 saturated heterocycles. The van der Waals surface area contributed by atoms with Crippen LogP contribution in [0.25, 0.3) is 11.0 Å². The Labute approximate surface area is 117 Å². The van der Waals surface area contributed by atoms with E-state index in [4.69, 9.17) is 27.2 Å². The van der Waals surface area contributed by atoms with Gasteiger partial charge < -0.3 is 25.3 Å². The molecule has 1 aliphatic heterocycles. The third-order valence-electron chi connectivity index (χ3n) is 3.29. The Morgan fingerprint density at radius 2 is 2.25 bits per heavy atom. The summed E-state index contributed by atoms with van der Waals surface area (Å²) >= 11 is 5.93. The van der Waals surface area contributed by atoms with Crippen LogP contribution in [0.1, 0.15) is 6.23 Å². The number of nitrogens with two attached hydrogens (primary N) is 1. The van der Waals surface area contributed by atoms with Gasteiger partial charge in [0.15, 0.2) is 12.4 Å². The number of nitrogen functional groups attached to an aromatic ring is 1. The van der Waals surface area contributed by atoms with Crippen LogP contribution in [-0.2, 0) is 4.74 Å². The lowest BCUT2D eigenvalue weighted by atomic mass is 10.1. The van der Waals surface area contributed by atoms with E-state index >= 15 is 0 Å². The molecule has 1 fully saturated rings. The molecule has 1 aliphatic rings. The Morgan fingerprint density at radius 1 is 1.50 bits per heavy atom.